The van der Waals surface area contributed by atoms with Gasteiger partial charge in [-0.2, -0.15) is 0 Å². The van der Waals surface area contributed by atoms with Crippen LogP contribution in [0.1, 0.15) is 36.2 Å². The Bertz CT molecular complexity index is 550. The molecule has 0 fully saturated rings. The maximum Gasteiger partial charge on any atom is 0.179 e. The van der Waals surface area contributed by atoms with Crippen LogP contribution in [0.3, 0.4) is 0 Å². The first-order chi connectivity index (χ1) is 10.2. The lowest BCUT2D eigenvalue weighted by Crippen LogP contribution is -2.42. The normalized spacial score (nSPS) is 13.6. The van der Waals surface area contributed by atoms with Gasteiger partial charge in [-0.05, 0) is 25.3 Å². The van der Waals surface area contributed by atoms with Crippen LogP contribution in [0.5, 0.6) is 0 Å². The Morgan fingerprint density at radius 2 is 1.57 bits per heavy atom. The van der Waals surface area contributed by atoms with Crippen molar-refractivity contribution in [3.63, 3.8) is 0 Å². The molecule has 2 aromatic rings. The second kappa shape index (κ2) is 7.75. The highest BCUT2D eigenvalue weighted by atomic mass is 16.1. The molecule has 0 saturated carbocycles. The monoisotopic (exact) mass is 281 g/mol. The Balaban J connectivity index is 1.97. The zero-order valence-corrected chi connectivity index (χ0v) is 12.8. The van der Waals surface area contributed by atoms with E-state index in [2.05, 4.69) is 36.5 Å². The van der Waals surface area contributed by atoms with Gasteiger partial charge < -0.3 is 5.32 Å². The molecule has 2 nitrogen and oxygen atoms in total. The fraction of sp³-hybridized carbons (Fsp3) is 0.316. The van der Waals surface area contributed by atoms with Gasteiger partial charge in [0.1, 0.15) is 0 Å². The average molecular weight is 281 g/mol. The molecule has 0 aliphatic carbocycles. The summed E-state index contributed by atoms with van der Waals surface area (Å²) in [5.41, 5.74) is 2.07. The molecule has 0 aliphatic rings. The maximum atomic E-state index is 12.5. The van der Waals surface area contributed by atoms with Gasteiger partial charge in [-0.1, -0.05) is 67.6 Å². The molecule has 0 bridgehead atoms. The van der Waals surface area contributed by atoms with E-state index in [9.17, 15) is 4.79 Å². The van der Waals surface area contributed by atoms with Gasteiger partial charge in [0.25, 0.3) is 0 Å². The molecule has 2 rings (SSSR count). The predicted octanol–water partition coefficient (Wildman–Crippen LogP) is 3.87. The molecular weight excluding hydrogens is 258 g/mol. The van der Waals surface area contributed by atoms with E-state index in [4.69, 9.17) is 0 Å². The van der Waals surface area contributed by atoms with E-state index in [1.165, 1.54) is 5.56 Å². The van der Waals surface area contributed by atoms with Crippen molar-refractivity contribution >= 4 is 5.78 Å². The Morgan fingerprint density at radius 1 is 1.00 bits per heavy atom. The van der Waals surface area contributed by atoms with Gasteiger partial charge in [-0.3, -0.25) is 4.79 Å². The van der Waals surface area contributed by atoms with Crippen molar-refractivity contribution in [1.82, 2.24) is 5.32 Å². The summed E-state index contributed by atoms with van der Waals surface area (Å²) >= 11 is 0. The minimum atomic E-state index is -0.119. The number of carbonyl (C=O) groups excluding carboxylic acids is 1. The minimum absolute atomic E-state index is 0.119. The zero-order valence-electron chi connectivity index (χ0n) is 12.8. The largest absolute Gasteiger partial charge is 0.304 e. The molecule has 2 aromatic carbocycles. The van der Waals surface area contributed by atoms with Gasteiger partial charge in [0.05, 0.1) is 6.04 Å². The molecule has 2 atom stereocenters. The smallest absolute Gasteiger partial charge is 0.179 e. The van der Waals surface area contributed by atoms with Crippen LogP contribution in [-0.2, 0) is 6.42 Å². The third kappa shape index (κ3) is 4.54. The van der Waals surface area contributed by atoms with E-state index in [0.29, 0.717) is 0 Å². The summed E-state index contributed by atoms with van der Waals surface area (Å²) in [6, 6.07) is 20.0. The lowest BCUT2D eigenvalue weighted by atomic mass is 10.00. The van der Waals surface area contributed by atoms with Crippen LogP contribution in [0.2, 0.25) is 0 Å². The van der Waals surface area contributed by atoms with Crippen molar-refractivity contribution in [3.8, 4) is 0 Å². The summed E-state index contributed by atoms with van der Waals surface area (Å²) in [6.07, 6.45) is 1.73. The summed E-state index contributed by atoms with van der Waals surface area (Å²) in [5.74, 6) is 0.179. The molecule has 110 valence electrons. The Labute approximate surface area is 127 Å². The summed E-state index contributed by atoms with van der Waals surface area (Å²) in [6.45, 7) is 4.18. The molecule has 0 aliphatic heterocycles. The molecule has 0 radical (unpaired) electrons. The van der Waals surface area contributed by atoms with Crippen LogP contribution in [-0.4, -0.2) is 17.9 Å². The van der Waals surface area contributed by atoms with Gasteiger partial charge in [-0.25, -0.2) is 0 Å². The third-order valence-electron chi connectivity index (χ3n) is 3.65. The van der Waals surface area contributed by atoms with Gasteiger partial charge in [-0.15, -0.1) is 0 Å². The van der Waals surface area contributed by atoms with Crippen LogP contribution in [0.4, 0.5) is 0 Å². The molecule has 21 heavy (non-hydrogen) atoms. The maximum absolute atomic E-state index is 12.5. The first kappa shape index (κ1) is 15.5. The summed E-state index contributed by atoms with van der Waals surface area (Å²) in [7, 11) is 0. The topological polar surface area (TPSA) is 29.1 Å². The summed E-state index contributed by atoms with van der Waals surface area (Å²) < 4.78 is 0. The molecule has 2 heteroatoms. The average Bonchev–Trinajstić information content (AvgIpc) is 2.53. The van der Waals surface area contributed by atoms with Crippen LogP contribution in [0.15, 0.2) is 60.7 Å². The van der Waals surface area contributed by atoms with Gasteiger partial charge in [0.15, 0.2) is 5.78 Å². The number of Topliss-reactive ketones (excluding diaryl/α,β-unsaturated/α-hetero) is 1. The van der Waals surface area contributed by atoms with Crippen molar-refractivity contribution in [3.05, 3.63) is 71.8 Å². The highest BCUT2D eigenvalue weighted by Gasteiger charge is 2.19. The van der Waals surface area contributed by atoms with Gasteiger partial charge in [0, 0.05) is 11.6 Å². The van der Waals surface area contributed by atoms with Crippen molar-refractivity contribution in [1.29, 1.82) is 0 Å². The number of hydrogen-bond donors (Lipinski definition) is 1. The van der Waals surface area contributed by atoms with E-state index >= 15 is 0 Å². The second-order valence-electron chi connectivity index (χ2n) is 5.45. The molecule has 0 unspecified atom stereocenters. The molecule has 0 amide bonds. The number of rotatable bonds is 7. The van der Waals surface area contributed by atoms with Crippen molar-refractivity contribution < 1.29 is 4.79 Å². The van der Waals surface area contributed by atoms with Crippen molar-refractivity contribution in [2.24, 2.45) is 0 Å². The first-order valence-corrected chi connectivity index (χ1v) is 7.60. The quantitative estimate of drug-likeness (QED) is 0.781. The van der Waals surface area contributed by atoms with Gasteiger partial charge in [0.2, 0.25) is 0 Å². The van der Waals surface area contributed by atoms with E-state index < -0.39 is 0 Å². The molecule has 0 saturated heterocycles. The minimum Gasteiger partial charge on any atom is -0.304 e. The Kier molecular flexibility index (Phi) is 5.70. The van der Waals surface area contributed by atoms with Crippen LogP contribution in [0, 0.1) is 0 Å². The molecule has 0 heterocycles. The summed E-state index contributed by atoms with van der Waals surface area (Å²) in [5, 5.41) is 3.46. The fourth-order valence-corrected chi connectivity index (χ4v) is 2.55. The molecule has 1 N–H and O–H groups in total. The van der Waals surface area contributed by atoms with E-state index in [1.54, 1.807) is 0 Å². The third-order valence-corrected chi connectivity index (χ3v) is 3.65. The van der Waals surface area contributed by atoms with Gasteiger partial charge >= 0.3 is 0 Å². The predicted molar refractivity (Wildman–Crippen MR) is 87.6 cm³/mol. The van der Waals surface area contributed by atoms with E-state index in [0.717, 1.165) is 18.4 Å². The summed E-state index contributed by atoms with van der Waals surface area (Å²) in [4.78, 5) is 12.5. The van der Waals surface area contributed by atoms with Crippen LogP contribution < -0.4 is 5.32 Å². The standard InChI is InChI=1S/C19H23NO/c1-3-18(19(21)17-12-8-5-9-13-17)20-15(2)14-16-10-6-4-7-11-16/h4-13,15,18,20H,3,14H2,1-2H3/t15-,18+/m0/s1. The number of ketones is 1. The zero-order chi connectivity index (χ0) is 15.1. The Hall–Kier alpha value is -1.93. The molecule has 0 aromatic heterocycles. The SMILES string of the molecule is CC[C@@H](N[C@@H](C)Cc1ccccc1)C(=O)c1ccccc1. The number of nitrogens with one attached hydrogen (secondary N) is 1. The van der Waals surface area contributed by atoms with Crippen LogP contribution >= 0.6 is 0 Å². The highest BCUT2D eigenvalue weighted by Crippen LogP contribution is 2.09. The first-order valence-electron chi connectivity index (χ1n) is 7.60. The fourth-order valence-electron chi connectivity index (χ4n) is 2.55. The van der Waals surface area contributed by atoms with Crippen molar-refractivity contribution in [2.75, 3.05) is 0 Å². The van der Waals surface area contributed by atoms with E-state index in [1.807, 2.05) is 43.3 Å². The van der Waals surface area contributed by atoms with Crippen LogP contribution in [0.25, 0.3) is 0 Å². The second-order valence-corrected chi connectivity index (χ2v) is 5.45. The van der Waals surface area contributed by atoms with E-state index in [-0.39, 0.29) is 17.9 Å². The molecule has 0 spiro atoms. The number of carbonyl (C=O) groups is 1. The lowest BCUT2D eigenvalue weighted by Gasteiger charge is -2.21. The van der Waals surface area contributed by atoms with Crippen molar-refractivity contribution in [2.45, 2.75) is 38.8 Å². The number of benzene rings is 2. The lowest BCUT2D eigenvalue weighted by molar-refractivity contribution is 0.0934. The highest BCUT2D eigenvalue weighted by molar-refractivity contribution is 6.00. The molecular formula is C19H23NO. The number of hydrogen-bond acceptors (Lipinski definition) is 2. The Morgan fingerprint density at radius 3 is 2.14 bits per heavy atom.